The molecule has 10 heteroatoms. The number of pyridine rings is 1. The van der Waals surface area contributed by atoms with Crippen LogP contribution >= 0.6 is 15.9 Å². The van der Waals surface area contributed by atoms with Crippen molar-refractivity contribution in [3.63, 3.8) is 0 Å². The molecule has 1 aromatic heterocycles. The van der Waals surface area contributed by atoms with Crippen molar-refractivity contribution in [1.82, 2.24) is 9.29 Å². The molecule has 1 aliphatic rings. The van der Waals surface area contributed by atoms with E-state index in [9.17, 15) is 21.6 Å². The highest BCUT2D eigenvalue weighted by Crippen LogP contribution is 2.24. The molecule has 1 fully saturated rings. The molecule has 0 radical (unpaired) electrons. The fourth-order valence-corrected chi connectivity index (χ4v) is 3.78. The van der Waals surface area contributed by atoms with Gasteiger partial charge in [0.1, 0.15) is 6.10 Å². The van der Waals surface area contributed by atoms with Crippen LogP contribution in [0.15, 0.2) is 22.8 Å². The molecule has 0 aromatic carbocycles. The molecule has 0 spiro atoms. The van der Waals surface area contributed by atoms with Crippen LogP contribution in [0.4, 0.5) is 13.2 Å². The number of alkyl halides is 3. The Labute approximate surface area is 134 Å². The third-order valence-electron chi connectivity index (χ3n) is 3.13. The lowest BCUT2D eigenvalue weighted by Crippen LogP contribution is -2.34. The highest BCUT2D eigenvalue weighted by atomic mass is 79.9. The Hall–Kier alpha value is -0.870. The molecule has 0 aliphatic carbocycles. The third kappa shape index (κ3) is 5.10. The monoisotopic (exact) mass is 402 g/mol. The van der Waals surface area contributed by atoms with Gasteiger partial charge in [-0.3, -0.25) is 0 Å². The first kappa shape index (κ1) is 17.5. The molecular formula is C12H14BrF3N2O3S. The summed E-state index contributed by atoms with van der Waals surface area (Å²) in [4.78, 5) is 4.01. The SMILES string of the molecule is O=S(=O)(CCC(F)(F)F)N1CCC(Oc2ccc(Br)cn2)C1. The maximum absolute atomic E-state index is 12.1. The lowest BCUT2D eigenvalue weighted by molar-refractivity contribution is -0.130. The Morgan fingerprint density at radius 3 is 2.73 bits per heavy atom. The van der Waals surface area contributed by atoms with E-state index in [4.69, 9.17) is 4.74 Å². The number of aromatic nitrogens is 1. The Morgan fingerprint density at radius 1 is 1.41 bits per heavy atom. The molecule has 0 N–H and O–H groups in total. The quantitative estimate of drug-likeness (QED) is 0.759. The highest BCUT2D eigenvalue weighted by molar-refractivity contribution is 9.10. The van der Waals surface area contributed by atoms with Gasteiger partial charge in [-0.15, -0.1) is 0 Å². The van der Waals surface area contributed by atoms with E-state index in [0.29, 0.717) is 12.3 Å². The van der Waals surface area contributed by atoms with Crippen molar-refractivity contribution in [1.29, 1.82) is 0 Å². The Kier molecular flexibility index (Phi) is 5.33. The fraction of sp³-hybridized carbons (Fsp3) is 0.583. The molecule has 1 unspecified atom stereocenters. The maximum Gasteiger partial charge on any atom is 0.390 e. The van der Waals surface area contributed by atoms with Crippen LogP contribution in [-0.2, 0) is 10.0 Å². The van der Waals surface area contributed by atoms with Crippen molar-refractivity contribution in [2.24, 2.45) is 0 Å². The van der Waals surface area contributed by atoms with E-state index in [-0.39, 0.29) is 13.1 Å². The first-order valence-electron chi connectivity index (χ1n) is 6.48. The molecule has 0 amide bonds. The number of ether oxygens (including phenoxy) is 1. The summed E-state index contributed by atoms with van der Waals surface area (Å²) < 4.78 is 67.6. The van der Waals surface area contributed by atoms with Gasteiger partial charge in [-0.2, -0.15) is 17.5 Å². The lowest BCUT2D eigenvalue weighted by Gasteiger charge is -2.17. The minimum atomic E-state index is -4.48. The van der Waals surface area contributed by atoms with Crippen LogP contribution < -0.4 is 4.74 Å². The van der Waals surface area contributed by atoms with E-state index in [1.165, 1.54) is 0 Å². The normalized spacial score (nSPS) is 20.3. The first-order chi connectivity index (χ1) is 10.2. The fourth-order valence-electron chi connectivity index (χ4n) is 2.02. The third-order valence-corrected chi connectivity index (χ3v) is 5.44. The minimum absolute atomic E-state index is 0.0396. The zero-order valence-corrected chi connectivity index (χ0v) is 13.8. The van der Waals surface area contributed by atoms with Gasteiger partial charge >= 0.3 is 6.18 Å². The molecule has 1 atom stereocenters. The van der Waals surface area contributed by atoms with Gasteiger partial charge in [0.25, 0.3) is 0 Å². The van der Waals surface area contributed by atoms with Gasteiger partial charge < -0.3 is 4.74 Å². The van der Waals surface area contributed by atoms with Gasteiger partial charge in [0.05, 0.1) is 18.7 Å². The molecule has 1 aliphatic heterocycles. The molecule has 5 nitrogen and oxygen atoms in total. The van der Waals surface area contributed by atoms with E-state index >= 15 is 0 Å². The van der Waals surface area contributed by atoms with E-state index in [2.05, 4.69) is 20.9 Å². The van der Waals surface area contributed by atoms with Crippen molar-refractivity contribution in [2.75, 3.05) is 18.8 Å². The molecular weight excluding hydrogens is 389 g/mol. The minimum Gasteiger partial charge on any atom is -0.473 e. The van der Waals surface area contributed by atoms with E-state index in [1.54, 1.807) is 18.3 Å². The van der Waals surface area contributed by atoms with Crippen LogP contribution in [0, 0.1) is 0 Å². The Bertz CT molecular complexity index is 607. The van der Waals surface area contributed by atoms with Crippen LogP contribution in [0.3, 0.4) is 0 Å². The smallest absolute Gasteiger partial charge is 0.390 e. The van der Waals surface area contributed by atoms with Gasteiger partial charge in [0.15, 0.2) is 0 Å². The average Bonchev–Trinajstić information content (AvgIpc) is 2.88. The zero-order chi connectivity index (χ0) is 16.4. The van der Waals surface area contributed by atoms with E-state index in [0.717, 1.165) is 8.78 Å². The number of halogens is 4. The summed E-state index contributed by atoms with van der Waals surface area (Å²) in [6, 6.07) is 3.36. The van der Waals surface area contributed by atoms with Crippen LogP contribution in [-0.4, -0.2) is 48.8 Å². The summed E-state index contributed by atoms with van der Waals surface area (Å²) >= 11 is 3.23. The van der Waals surface area contributed by atoms with Crippen molar-refractivity contribution in [3.8, 4) is 5.88 Å². The number of hydrogen-bond acceptors (Lipinski definition) is 4. The zero-order valence-electron chi connectivity index (χ0n) is 11.4. The second kappa shape index (κ2) is 6.71. The van der Waals surface area contributed by atoms with Gasteiger partial charge in [-0.05, 0) is 28.4 Å². The average molecular weight is 403 g/mol. The summed E-state index contributed by atoms with van der Waals surface area (Å²) in [5.41, 5.74) is 0. The van der Waals surface area contributed by atoms with Gasteiger partial charge in [-0.1, -0.05) is 0 Å². The second-order valence-corrected chi connectivity index (χ2v) is 7.89. The van der Waals surface area contributed by atoms with Crippen LogP contribution in [0.25, 0.3) is 0 Å². The van der Waals surface area contributed by atoms with Gasteiger partial charge in [0.2, 0.25) is 15.9 Å². The molecule has 124 valence electrons. The Balaban J connectivity index is 1.90. The lowest BCUT2D eigenvalue weighted by atomic mass is 10.3. The number of nitrogens with zero attached hydrogens (tertiary/aromatic N) is 2. The van der Waals surface area contributed by atoms with Gasteiger partial charge in [0, 0.05) is 23.3 Å². The molecule has 0 saturated carbocycles. The second-order valence-electron chi connectivity index (χ2n) is 4.88. The molecule has 1 aromatic rings. The summed E-state index contributed by atoms with van der Waals surface area (Å²) in [5, 5.41) is 0. The molecule has 1 saturated heterocycles. The number of sulfonamides is 1. The summed E-state index contributed by atoms with van der Waals surface area (Å²) in [7, 11) is -3.92. The standard InChI is InChI=1S/C12H14BrF3N2O3S/c13-9-1-2-11(17-7-9)21-10-3-5-18(8-10)22(19,20)6-4-12(14,15)16/h1-2,7,10H,3-6,8H2. The van der Waals surface area contributed by atoms with Crippen molar-refractivity contribution >= 4 is 26.0 Å². The number of hydrogen-bond donors (Lipinski definition) is 0. The predicted molar refractivity (Wildman–Crippen MR) is 77.0 cm³/mol. The summed E-state index contributed by atoms with van der Waals surface area (Å²) in [6.45, 7) is 0.194. The van der Waals surface area contributed by atoms with Crippen molar-refractivity contribution in [3.05, 3.63) is 22.8 Å². The molecule has 22 heavy (non-hydrogen) atoms. The highest BCUT2D eigenvalue weighted by Gasteiger charge is 2.36. The Morgan fingerprint density at radius 2 is 2.14 bits per heavy atom. The largest absolute Gasteiger partial charge is 0.473 e. The predicted octanol–water partition coefficient (Wildman–Crippen LogP) is 2.58. The van der Waals surface area contributed by atoms with Crippen LogP contribution in [0.5, 0.6) is 5.88 Å². The number of rotatable bonds is 5. The summed E-state index contributed by atoms with van der Waals surface area (Å²) in [6.07, 6.45) is -4.27. The van der Waals surface area contributed by atoms with Gasteiger partial charge in [-0.25, -0.2) is 13.4 Å². The van der Waals surface area contributed by atoms with Crippen LogP contribution in [0.1, 0.15) is 12.8 Å². The molecule has 2 rings (SSSR count). The van der Waals surface area contributed by atoms with Crippen molar-refractivity contribution < 1.29 is 26.3 Å². The van der Waals surface area contributed by atoms with Crippen molar-refractivity contribution in [2.45, 2.75) is 25.1 Å². The molecule has 2 heterocycles. The summed E-state index contributed by atoms with van der Waals surface area (Å²) in [5.74, 6) is -0.581. The first-order valence-corrected chi connectivity index (χ1v) is 8.89. The van der Waals surface area contributed by atoms with Crippen LogP contribution in [0.2, 0.25) is 0 Å². The molecule has 0 bridgehead atoms. The maximum atomic E-state index is 12.1. The van der Waals surface area contributed by atoms with E-state index in [1.807, 2.05) is 0 Å². The topological polar surface area (TPSA) is 59.5 Å². The van der Waals surface area contributed by atoms with E-state index < -0.39 is 34.5 Å².